The maximum absolute atomic E-state index is 14.8. The molecule has 0 saturated carbocycles. The van der Waals surface area contributed by atoms with Gasteiger partial charge in [-0.25, -0.2) is 14.4 Å². The minimum absolute atomic E-state index is 0.306. The number of benzene rings is 4. The van der Waals surface area contributed by atoms with Crippen molar-refractivity contribution in [2.75, 3.05) is 0 Å². The van der Waals surface area contributed by atoms with E-state index < -0.39 is 5.82 Å². The summed E-state index contributed by atoms with van der Waals surface area (Å²) in [5.41, 5.74) is 5.88. The van der Waals surface area contributed by atoms with Crippen LogP contribution in [0.15, 0.2) is 97.2 Å². The summed E-state index contributed by atoms with van der Waals surface area (Å²) in [6.45, 7) is 0. The van der Waals surface area contributed by atoms with Crippen molar-refractivity contribution in [3.63, 3.8) is 0 Å². The van der Waals surface area contributed by atoms with Crippen LogP contribution in [-0.4, -0.2) is 14.5 Å². The van der Waals surface area contributed by atoms with Crippen molar-refractivity contribution in [2.45, 2.75) is 0 Å². The van der Waals surface area contributed by atoms with Gasteiger partial charge in [0.15, 0.2) is 5.82 Å². The third-order valence-corrected chi connectivity index (χ3v) is 8.11. The maximum Gasteiger partial charge on any atom is 0.236 e. The molecule has 0 N–H and O–H groups in total. The highest BCUT2D eigenvalue weighted by Crippen LogP contribution is 2.56. The molecular formula is C30H16FN3S. The summed E-state index contributed by atoms with van der Waals surface area (Å²) in [6.07, 6.45) is 1.28. The van der Waals surface area contributed by atoms with Crippen LogP contribution in [0.4, 0.5) is 4.39 Å². The van der Waals surface area contributed by atoms with E-state index in [4.69, 9.17) is 4.98 Å². The number of halogens is 1. The van der Waals surface area contributed by atoms with Crippen LogP contribution in [0.5, 0.6) is 0 Å². The molecule has 4 aromatic carbocycles. The van der Waals surface area contributed by atoms with Gasteiger partial charge in [0, 0.05) is 32.3 Å². The Balaban J connectivity index is 1.48. The molecule has 8 rings (SSSR count). The fourth-order valence-electron chi connectivity index (χ4n) is 5.46. The summed E-state index contributed by atoms with van der Waals surface area (Å²) in [4.78, 5) is 11.5. The first-order chi connectivity index (χ1) is 17.3. The zero-order chi connectivity index (χ0) is 23.1. The molecule has 0 amide bonds. The van der Waals surface area contributed by atoms with E-state index in [0.717, 1.165) is 21.3 Å². The van der Waals surface area contributed by atoms with E-state index in [9.17, 15) is 4.39 Å². The third-order valence-electron chi connectivity index (χ3n) is 6.90. The lowest BCUT2D eigenvalue weighted by Crippen LogP contribution is -2.03. The number of nitrogens with zero attached hydrogens (tertiary/aromatic N) is 3. The molecule has 1 aliphatic carbocycles. The first kappa shape index (κ1) is 19.0. The predicted molar refractivity (Wildman–Crippen MR) is 142 cm³/mol. The van der Waals surface area contributed by atoms with E-state index in [0.29, 0.717) is 11.6 Å². The van der Waals surface area contributed by atoms with Crippen LogP contribution < -0.4 is 0 Å². The number of hydrogen-bond donors (Lipinski definition) is 0. The molecular weight excluding hydrogens is 453 g/mol. The second-order valence-electron chi connectivity index (χ2n) is 8.78. The Kier molecular flexibility index (Phi) is 3.71. The molecule has 7 aromatic rings. The smallest absolute Gasteiger partial charge is 0.236 e. The number of para-hydroxylation sites is 1. The molecule has 3 nitrogen and oxygen atoms in total. The molecule has 0 saturated heterocycles. The van der Waals surface area contributed by atoms with Gasteiger partial charge in [0.1, 0.15) is 10.5 Å². The number of hydrogen-bond acceptors (Lipinski definition) is 3. The van der Waals surface area contributed by atoms with Gasteiger partial charge in [-0.05, 0) is 22.4 Å². The van der Waals surface area contributed by atoms with E-state index in [2.05, 4.69) is 64.1 Å². The van der Waals surface area contributed by atoms with Crippen LogP contribution in [0.3, 0.4) is 0 Å². The Labute approximate surface area is 203 Å². The Morgan fingerprint density at radius 3 is 2.37 bits per heavy atom. The third kappa shape index (κ3) is 2.48. The SMILES string of the molecule is Fc1cnc(-n2c3ccccc3c3c4c(sc32)-c2cccc3cccc-4c23)nc1-c1ccccc1. The van der Waals surface area contributed by atoms with Gasteiger partial charge in [-0.1, -0.05) is 84.9 Å². The second-order valence-corrected chi connectivity index (χ2v) is 9.78. The van der Waals surface area contributed by atoms with Crippen LogP contribution in [0, 0.1) is 5.82 Å². The topological polar surface area (TPSA) is 30.7 Å². The van der Waals surface area contributed by atoms with E-state index in [1.165, 1.54) is 43.9 Å². The lowest BCUT2D eigenvalue weighted by atomic mass is 10.0. The maximum atomic E-state index is 14.8. The Morgan fingerprint density at radius 2 is 1.51 bits per heavy atom. The van der Waals surface area contributed by atoms with Crippen molar-refractivity contribution >= 4 is 43.2 Å². The van der Waals surface area contributed by atoms with E-state index >= 15 is 0 Å². The highest BCUT2D eigenvalue weighted by molar-refractivity contribution is 7.23. The van der Waals surface area contributed by atoms with Crippen LogP contribution in [0.25, 0.3) is 70.7 Å². The molecule has 0 atom stereocenters. The van der Waals surface area contributed by atoms with E-state index in [-0.39, 0.29) is 0 Å². The zero-order valence-electron chi connectivity index (χ0n) is 18.4. The average molecular weight is 470 g/mol. The molecule has 0 spiro atoms. The quantitative estimate of drug-likeness (QED) is 0.255. The summed E-state index contributed by atoms with van der Waals surface area (Å²) in [6, 6.07) is 30.8. The van der Waals surface area contributed by atoms with Gasteiger partial charge < -0.3 is 0 Å². The number of rotatable bonds is 2. The standard InChI is InChI=1S/C30H16FN3S/c31-22-16-32-30(33-27(22)18-8-2-1-3-9-18)34-23-15-5-4-12-19(23)26-25-20-13-6-10-17-11-7-14-21(24(17)20)28(25)35-29(26)34/h1-16H. The van der Waals surface area contributed by atoms with Crippen molar-refractivity contribution in [1.82, 2.24) is 14.5 Å². The Morgan fingerprint density at radius 1 is 0.743 bits per heavy atom. The van der Waals surface area contributed by atoms with E-state index in [1.54, 1.807) is 11.3 Å². The van der Waals surface area contributed by atoms with Gasteiger partial charge in [0.2, 0.25) is 5.95 Å². The highest BCUT2D eigenvalue weighted by atomic mass is 32.1. The molecule has 0 fully saturated rings. The summed E-state index contributed by atoms with van der Waals surface area (Å²) >= 11 is 1.76. The molecule has 0 bridgehead atoms. The first-order valence-corrected chi connectivity index (χ1v) is 12.3. The average Bonchev–Trinajstić information content (AvgIpc) is 3.53. The van der Waals surface area contributed by atoms with Gasteiger partial charge in [-0.15, -0.1) is 11.3 Å². The monoisotopic (exact) mass is 469 g/mol. The molecule has 3 heterocycles. The van der Waals surface area contributed by atoms with Crippen molar-refractivity contribution in [3.05, 3.63) is 103 Å². The van der Waals surface area contributed by atoms with Gasteiger partial charge in [0.05, 0.1) is 11.7 Å². The van der Waals surface area contributed by atoms with Gasteiger partial charge in [0.25, 0.3) is 0 Å². The first-order valence-electron chi connectivity index (χ1n) is 11.5. The molecule has 0 radical (unpaired) electrons. The molecule has 0 aliphatic heterocycles. The van der Waals surface area contributed by atoms with Crippen LogP contribution in [0.1, 0.15) is 0 Å². The van der Waals surface area contributed by atoms with Gasteiger partial charge >= 0.3 is 0 Å². The lowest BCUT2D eigenvalue weighted by molar-refractivity contribution is 0.616. The largest absolute Gasteiger partial charge is 0.269 e. The van der Waals surface area contributed by atoms with Crippen molar-refractivity contribution in [1.29, 1.82) is 0 Å². The molecule has 3 aromatic heterocycles. The molecule has 0 unspecified atom stereocenters. The zero-order valence-corrected chi connectivity index (χ0v) is 19.2. The fourth-order valence-corrected chi connectivity index (χ4v) is 6.84. The van der Waals surface area contributed by atoms with Crippen LogP contribution in [-0.2, 0) is 0 Å². The summed E-state index contributed by atoms with van der Waals surface area (Å²) in [5.74, 6) is 0.0461. The Bertz CT molecular complexity index is 1960. The molecule has 35 heavy (non-hydrogen) atoms. The number of aromatic nitrogens is 3. The highest BCUT2D eigenvalue weighted by Gasteiger charge is 2.30. The van der Waals surface area contributed by atoms with Crippen LogP contribution in [0.2, 0.25) is 0 Å². The lowest BCUT2D eigenvalue weighted by Gasteiger charge is -2.08. The number of thiophene rings is 1. The van der Waals surface area contributed by atoms with Gasteiger partial charge in [-0.2, -0.15) is 0 Å². The normalized spacial score (nSPS) is 12.1. The Hall–Kier alpha value is -4.35. The summed E-state index contributed by atoms with van der Waals surface area (Å²) in [5, 5.41) is 4.94. The van der Waals surface area contributed by atoms with Crippen molar-refractivity contribution < 1.29 is 4.39 Å². The molecule has 164 valence electrons. The minimum atomic E-state index is -0.429. The molecule has 5 heteroatoms. The van der Waals surface area contributed by atoms with Crippen molar-refractivity contribution in [2.24, 2.45) is 0 Å². The predicted octanol–water partition coefficient (Wildman–Crippen LogP) is 8.24. The van der Waals surface area contributed by atoms with Crippen molar-refractivity contribution in [3.8, 4) is 38.8 Å². The second kappa shape index (κ2) is 6.84. The summed E-state index contributed by atoms with van der Waals surface area (Å²) in [7, 11) is 0. The van der Waals surface area contributed by atoms with Crippen LogP contribution >= 0.6 is 11.3 Å². The van der Waals surface area contributed by atoms with E-state index in [1.807, 2.05) is 36.4 Å². The fraction of sp³-hybridized carbons (Fsp3) is 0. The minimum Gasteiger partial charge on any atom is -0.269 e. The van der Waals surface area contributed by atoms with Gasteiger partial charge in [-0.3, -0.25) is 4.57 Å². The molecule has 1 aliphatic rings. The number of fused-ring (bicyclic) bond motifs is 7. The summed E-state index contributed by atoms with van der Waals surface area (Å²) < 4.78 is 16.9.